The third kappa shape index (κ3) is 4.42. The van der Waals surface area contributed by atoms with Gasteiger partial charge >= 0.3 is 11.9 Å². The lowest BCUT2D eigenvalue weighted by Gasteiger charge is -2.15. The molecule has 4 aromatic rings. The Kier molecular flexibility index (Phi) is 5.73. The molecule has 176 valence electrons. The van der Waals surface area contributed by atoms with Crippen LogP contribution in [0.1, 0.15) is 10.4 Å². The van der Waals surface area contributed by atoms with Gasteiger partial charge in [0, 0.05) is 18.5 Å². The molecular weight excluding hydrogens is 472 g/mol. The second kappa shape index (κ2) is 8.53. The van der Waals surface area contributed by atoms with Gasteiger partial charge in [-0.05, 0) is 18.2 Å². The third-order valence-electron chi connectivity index (χ3n) is 4.44. The molecule has 2 heterocycles. The van der Waals surface area contributed by atoms with Crippen molar-refractivity contribution < 1.29 is 35.9 Å². The van der Waals surface area contributed by atoms with Crippen molar-refractivity contribution in [1.82, 2.24) is 19.2 Å². The molecule has 0 aliphatic rings. The third-order valence-corrected chi connectivity index (χ3v) is 4.44. The fourth-order valence-corrected chi connectivity index (χ4v) is 2.95. The number of rotatable bonds is 5. The number of halogens is 6. The molecule has 0 spiro atoms. The first-order chi connectivity index (χ1) is 16.0. The largest absolute Gasteiger partial charge is 0.483 e. The topological polar surface area (TPSA) is 90.5 Å². The number of carbonyl (C=O) groups is 1. The zero-order chi connectivity index (χ0) is 24.6. The second-order valence-corrected chi connectivity index (χ2v) is 6.75. The quantitative estimate of drug-likeness (QED) is 0.439. The Balaban J connectivity index is 1.81. The highest BCUT2D eigenvalue weighted by Gasteiger charge is 2.30. The Bertz CT molecular complexity index is 1440. The average Bonchev–Trinajstić information content (AvgIpc) is 3.11. The molecule has 4 rings (SSSR count). The molecule has 0 unspecified atom stereocenters. The number of ether oxygens (including phenoxy) is 1. The Morgan fingerprint density at radius 1 is 1.09 bits per heavy atom. The van der Waals surface area contributed by atoms with Gasteiger partial charge in [-0.3, -0.25) is 9.78 Å². The van der Waals surface area contributed by atoms with Gasteiger partial charge in [0.25, 0.3) is 5.91 Å². The molecular formula is C20H11F6N5O3. The highest BCUT2D eigenvalue weighted by Crippen LogP contribution is 2.29. The molecule has 1 N–H and O–H groups in total. The van der Waals surface area contributed by atoms with E-state index in [1.165, 1.54) is 18.6 Å². The van der Waals surface area contributed by atoms with Gasteiger partial charge < -0.3 is 10.1 Å². The van der Waals surface area contributed by atoms with Crippen LogP contribution in [-0.4, -0.2) is 37.9 Å². The predicted molar refractivity (Wildman–Crippen MR) is 104 cm³/mol. The minimum absolute atomic E-state index is 0.00140. The van der Waals surface area contributed by atoms with Gasteiger partial charge in [-0.15, -0.1) is 5.10 Å². The SMILES string of the molecule is O=C(Nc1c(F)cccc1F)c1cc(F)c(-n2nc3cnccn3c2=O)cc1OCC(F)(F)F. The summed E-state index contributed by atoms with van der Waals surface area (Å²) in [6.45, 7) is -1.88. The number of aromatic nitrogens is 4. The number of fused-ring (bicyclic) bond motifs is 1. The summed E-state index contributed by atoms with van der Waals surface area (Å²) >= 11 is 0. The number of nitrogens with one attached hydrogen (secondary N) is 1. The van der Waals surface area contributed by atoms with Crippen LogP contribution in [0.4, 0.5) is 32.0 Å². The summed E-state index contributed by atoms with van der Waals surface area (Å²) in [4.78, 5) is 28.9. The molecule has 1 amide bonds. The van der Waals surface area contributed by atoms with E-state index in [0.717, 1.165) is 22.6 Å². The predicted octanol–water partition coefficient (Wildman–Crippen LogP) is 3.49. The molecule has 0 aliphatic carbocycles. The Morgan fingerprint density at radius 3 is 2.44 bits per heavy atom. The fraction of sp³-hybridized carbons (Fsp3) is 0.100. The molecule has 2 aromatic heterocycles. The van der Waals surface area contributed by atoms with Crippen LogP contribution in [0, 0.1) is 17.5 Å². The number of amides is 1. The van der Waals surface area contributed by atoms with Crippen LogP contribution < -0.4 is 15.7 Å². The summed E-state index contributed by atoms with van der Waals surface area (Å²) in [5.74, 6) is -5.78. The van der Waals surface area contributed by atoms with Crippen LogP contribution in [0.3, 0.4) is 0 Å². The molecule has 0 aliphatic heterocycles. The Morgan fingerprint density at radius 2 is 1.79 bits per heavy atom. The summed E-state index contributed by atoms with van der Waals surface area (Å²) in [6.07, 6.45) is -1.18. The summed E-state index contributed by atoms with van der Waals surface area (Å²) in [5.41, 5.74) is -3.24. The lowest BCUT2D eigenvalue weighted by atomic mass is 10.1. The lowest BCUT2D eigenvalue weighted by molar-refractivity contribution is -0.153. The smallest absolute Gasteiger partial charge is 0.422 e. The van der Waals surface area contributed by atoms with E-state index in [1.54, 1.807) is 0 Å². The molecule has 0 atom stereocenters. The number of hydrogen-bond acceptors (Lipinski definition) is 5. The summed E-state index contributed by atoms with van der Waals surface area (Å²) in [6, 6.07) is 3.79. The molecule has 8 nitrogen and oxygen atoms in total. The molecule has 0 saturated heterocycles. The van der Waals surface area contributed by atoms with Crippen LogP contribution in [0.15, 0.2) is 53.7 Å². The monoisotopic (exact) mass is 483 g/mol. The van der Waals surface area contributed by atoms with Gasteiger partial charge in [0.15, 0.2) is 12.3 Å². The van der Waals surface area contributed by atoms with Gasteiger partial charge in [0.05, 0.1) is 11.8 Å². The molecule has 0 radical (unpaired) electrons. The van der Waals surface area contributed by atoms with Crippen LogP contribution in [-0.2, 0) is 0 Å². The van der Waals surface area contributed by atoms with Gasteiger partial charge in [0.2, 0.25) is 0 Å². The number of carbonyl (C=O) groups excluding carboxylic acids is 1. The van der Waals surface area contributed by atoms with Crippen molar-refractivity contribution in [2.75, 3.05) is 11.9 Å². The highest BCUT2D eigenvalue weighted by atomic mass is 19.4. The lowest BCUT2D eigenvalue weighted by Crippen LogP contribution is -2.24. The maximum atomic E-state index is 14.9. The van der Waals surface area contributed by atoms with Crippen molar-refractivity contribution >= 4 is 17.2 Å². The van der Waals surface area contributed by atoms with Crippen molar-refractivity contribution in [2.24, 2.45) is 0 Å². The maximum Gasteiger partial charge on any atom is 0.422 e. The van der Waals surface area contributed by atoms with E-state index < -0.39 is 64.5 Å². The molecule has 0 bridgehead atoms. The van der Waals surface area contributed by atoms with Crippen molar-refractivity contribution in [3.8, 4) is 11.4 Å². The van der Waals surface area contributed by atoms with Gasteiger partial charge in [-0.2, -0.15) is 17.9 Å². The van der Waals surface area contributed by atoms with E-state index in [-0.39, 0.29) is 5.65 Å². The number of benzene rings is 2. The van der Waals surface area contributed by atoms with Crippen LogP contribution in [0.2, 0.25) is 0 Å². The van der Waals surface area contributed by atoms with Crippen LogP contribution in [0.25, 0.3) is 11.3 Å². The van der Waals surface area contributed by atoms with Gasteiger partial charge in [-0.1, -0.05) is 6.07 Å². The number of para-hydroxylation sites is 1. The molecule has 0 saturated carbocycles. The molecule has 14 heteroatoms. The van der Waals surface area contributed by atoms with Crippen molar-refractivity contribution in [3.05, 3.63) is 82.4 Å². The minimum atomic E-state index is -4.84. The number of anilines is 1. The van der Waals surface area contributed by atoms with Gasteiger partial charge in [0.1, 0.15) is 34.6 Å². The zero-order valence-corrected chi connectivity index (χ0v) is 16.6. The van der Waals surface area contributed by atoms with E-state index in [9.17, 15) is 35.9 Å². The van der Waals surface area contributed by atoms with Crippen molar-refractivity contribution in [2.45, 2.75) is 6.18 Å². The minimum Gasteiger partial charge on any atom is -0.483 e. The summed E-state index contributed by atoms with van der Waals surface area (Å²) < 4.78 is 87.1. The maximum absolute atomic E-state index is 14.9. The Labute approximate surface area is 185 Å². The van der Waals surface area contributed by atoms with E-state index in [2.05, 4.69) is 14.8 Å². The van der Waals surface area contributed by atoms with Crippen molar-refractivity contribution in [1.29, 1.82) is 0 Å². The fourth-order valence-electron chi connectivity index (χ4n) is 2.95. The normalized spacial score (nSPS) is 11.6. The zero-order valence-electron chi connectivity index (χ0n) is 16.6. The van der Waals surface area contributed by atoms with E-state index in [0.29, 0.717) is 16.8 Å². The summed E-state index contributed by atoms with van der Waals surface area (Å²) in [7, 11) is 0. The van der Waals surface area contributed by atoms with Crippen LogP contribution >= 0.6 is 0 Å². The van der Waals surface area contributed by atoms with E-state index >= 15 is 0 Å². The first kappa shape index (κ1) is 22.8. The highest BCUT2D eigenvalue weighted by molar-refractivity contribution is 6.06. The second-order valence-electron chi connectivity index (χ2n) is 6.75. The first-order valence-corrected chi connectivity index (χ1v) is 9.25. The number of hydrogen-bond donors (Lipinski definition) is 1. The van der Waals surface area contributed by atoms with E-state index in [1.807, 2.05) is 5.32 Å². The standard InChI is InChI=1S/C20H11F6N5O3/c21-11-2-1-3-12(22)17(11)28-18(32)10-6-13(23)14(7-15(10)34-9-20(24,25)26)31-19(33)30-5-4-27-8-16(30)29-31/h1-8H,9H2,(H,28,32). The molecule has 0 fully saturated rings. The van der Waals surface area contributed by atoms with E-state index in [4.69, 9.17) is 0 Å². The molecule has 34 heavy (non-hydrogen) atoms. The Hall–Kier alpha value is -4.36. The van der Waals surface area contributed by atoms with Crippen molar-refractivity contribution in [3.63, 3.8) is 0 Å². The number of alkyl halides is 3. The van der Waals surface area contributed by atoms with Gasteiger partial charge in [-0.25, -0.2) is 22.4 Å². The number of nitrogens with zero attached hydrogens (tertiary/aromatic N) is 4. The van der Waals surface area contributed by atoms with Crippen LogP contribution in [0.5, 0.6) is 5.75 Å². The average molecular weight is 483 g/mol. The first-order valence-electron chi connectivity index (χ1n) is 9.25. The molecule has 2 aromatic carbocycles. The summed E-state index contributed by atoms with van der Waals surface area (Å²) in [5, 5.41) is 5.68.